The summed E-state index contributed by atoms with van der Waals surface area (Å²) in [5.41, 5.74) is -0.630. The number of carboxylic acids is 1. The van der Waals surface area contributed by atoms with Gasteiger partial charge in [-0.15, -0.1) is 0 Å². The summed E-state index contributed by atoms with van der Waals surface area (Å²) in [6, 6.07) is 0. The zero-order chi connectivity index (χ0) is 15.0. The van der Waals surface area contributed by atoms with Crippen molar-refractivity contribution in [1.29, 1.82) is 0 Å². The highest BCUT2D eigenvalue weighted by molar-refractivity contribution is 7.87. The lowest BCUT2D eigenvalue weighted by atomic mass is 9.97. The summed E-state index contributed by atoms with van der Waals surface area (Å²) in [6.07, 6.45) is 1.51. The molecule has 2 aliphatic heterocycles. The first kappa shape index (κ1) is 15.7. The summed E-state index contributed by atoms with van der Waals surface area (Å²) in [5.74, 6) is -1.56. The van der Waals surface area contributed by atoms with Gasteiger partial charge in [-0.25, -0.2) is 0 Å². The van der Waals surface area contributed by atoms with E-state index in [1.54, 1.807) is 0 Å². The van der Waals surface area contributed by atoms with Crippen LogP contribution in [0.1, 0.15) is 33.1 Å². The molecule has 0 amide bonds. The number of piperidine rings is 1. The van der Waals surface area contributed by atoms with Crippen molar-refractivity contribution in [2.24, 2.45) is 5.92 Å². The molecule has 0 aliphatic carbocycles. The van der Waals surface area contributed by atoms with Crippen LogP contribution in [0.25, 0.3) is 0 Å². The normalized spacial score (nSPS) is 36.1. The Morgan fingerprint density at radius 1 is 1.50 bits per heavy atom. The molecule has 2 fully saturated rings. The molecule has 2 saturated heterocycles. The Kier molecular flexibility index (Phi) is 4.38. The van der Waals surface area contributed by atoms with Crippen molar-refractivity contribution in [1.82, 2.24) is 9.03 Å². The van der Waals surface area contributed by atoms with Gasteiger partial charge in [0.05, 0.1) is 17.6 Å². The van der Waals surface area contributed by atoms with Crippen molar-refractivity contribution >= 4 is 16.2 Å². The van der Waals surface area contributed by atoms with E-state index in [4.69, 9.17) is 9.84 Å². The minimum absolute atomic E-state index is 0.0377. The molecule has 2 N–H and O–H groups in total. The molecule has 7 nitrogen and oxygen atoms in total. The highest BCUT2D eigenvalue weighted by Crippen LogP contribution is 2.27. The first-order valence-electron chi connectivity index (χ1n) is 6.88. The van der Waals surface area contributed by atoms with Crippen LogP contribution in [0.15, 0.2) is 0 Å². The van der Waals surface area contributed by atoms with Gasteiger partial charge in [0.25, 0.3) is 10.2 Å². The molecule has 0 spiro atoms. The van der Waals surface area contributed by atoms with Crippen LogP contribution in [0.2, 0.25) is 0 Å². The maximum absolute atomic E-state index is 12.4. The third kappa shape index (κ3) is 3.13. The average Bonchev–Trinajstić information content (AvgIpc) is 2.68. The van der Waals surface area contributed by atoms with Gasteiger partial charge in [0, 0.05) is 19.7 Å². The Balaban J connectivity index is 2.08. The Bertz CT molecular complexity index is 480. The fourth-order valence-electron chi connectivity index (χ4n) is 2.69. The van der Waals surface area contributed by atoms with E-state index in [9.17, 15) is 13.2 Å². The van der Waals surface area contributed by atoms with Gasteiger partial charge >= 0.3 is 5.97 Å². The minimum atomic E-state index is -3.68. The third-order valence-corrected chi connectivity index (χ3v) is 6.06. The second kappa shape index (κ2) is 5.59. The number of carbonyl (C=O) groups is 1. The van der Waals surface area contributed by atoms with E-state index in [1.165, 1.54) is 4.31 Å². The molecule has 8 heteroatoms. The summed E-state index contributed by atoms with van der Waals surface area (Å²) in [5, 5.41) is 9.04. The summed E-state index contributed by atoms with van der Waals surface area (Å²) >= 11 is 0. The third-order valence-electron chi connectivity index (χ3n) is 4.32. The smallest absolute Gasteiger partial charge is 0.307 e. The van der Waals surface area contributed by atoms with Crippen LogP contribution in [0.4, 0.5) is 0 Å². The van der Waals surface area contributed by atoms with Gasteiger partial charge in [0.2, 0.25) is 0 Å². The Morgan fingerprint density at radius 3 is 2.75 bits per heavy atom. The zero-order valence-electron chi connectivity index (χ0n) is 11.8. The topological polar surface area (TPSA) is 95.9 Å². The molecule has 0 radical (unpaired) electrons. The monoisotopic (exact) mass is 306 g/mol. The average molecular weight is 306 g/mol. The van der Waals surface area contributed by atoms with Crippen LogP contribution in [-0.4, -0.2) is 55.1 Å². The first-order chi connectivity index (χ1) is 9.24. The summed E-state index contributed by atoms with van der Waals surface area (Å²) in [4.78, 5) is 11.0. The fourth-order valence-corrected chi connectivity index (χ4v) is 4.42. The number of hydrogen-bond acceptors (Lipinski definition) is 4. The van der Waals surface area contributed by atoms with Gasteiger partial charge in [-0.05, 0) is 33.1 Å². The zero-order valence-corrected chi connectivity index (χ0v) is 12.6. The van der Waals surface area contributed by atoms with Gasteiger partial charge in [-0.2, -0.15) is 17.4 Å². The van der Waals surface area contributed by atoms with Crippen LogP contribution in [0, 0.1) is 5.92 Å². The molecule has 116 valence electrons. The number of aliphatic carboxylic acids is 1. The van der Waals surface area contributed by atoms with E-state index in [-0.39, 0.29) is 12.6 Å². The van der Waals surface area contributed by atoms with Crippen LogP contribution >= 0.6 is 0 Å². The SMILES string of the molecule is CC1OCCC1(C)NS(=O)(=O)N1CCCC(C(=O)O)C1. The molecule has 0 bridgehead atoms. The van der Waals surface area contributed by atoms with Gasteiger partial charge in [-0.1, -0.05) is 0 Å². The fraction of sp³-hybridized carbons (Fsp3) is 0.917. The minimum Gasteiger partial charge on any atom is -0.481 e. The molecule has 0 aromatic carbocycles. The predicted molar refractivity (Wildman–Crippen MR) is 72.4 cm³/mol. The highest BCUT2D eigenvalue weighted by atomic mass is 32.2. The summed E-state index contributed by atoms with van der Waals surface area (Å²) in [7, 11) is -3.68. The van der Waals surface area contributed by atoms with Crippen molar-refractivity contribution in [3.8, 4) is 0 Å². The molecule has 0 aromatic rings. The van der Waals surface area contributed by atoms with Crippen LogP contribution in [0.3, 0.4) is 0 Å². The Morgan fingerprint density at radius 2 is 2.20 bits per heavy atom. The largest absolute Gasteiger partial charge is 0.481 e. The number of ether oxygens (including phenoxy) is 1. The molecular weight excluding hydrogens is 284 g/mol. The highest BCUT2D eigenvalue weighted by Gasteiger charge is 2.43. The van der Waals surface area contributed by atoms with Gasteiger partial charge in [0.15, 0.2) is 0 Å². The molecule has 2 aliphatic rings. The quantitative estimate of drug-likeness (QED) is 0.772. The van der Waals surface area contributed by atoms with E-state index < -0.39 is 27.6 Å². The lowest BCUT2D eigenvalue weighted by Gasteiger charge is -2.35. The van der Waals surface area contributed by atoms with Gasteiger partial charge in [-0.3, -0.25) is 4.79 Å². The Hall–Kier alpha value is -0.700. The van der Waals surface area contributed by atoms with Crippen LogP contribution in [-0.2, 0) is 19.7 Å². The molecule has 2 rings (SSSR count). The van der Waals surface area contributed by atoms with Crippen molar-refractivity contribution in [2.75, 3.05) is 19.7 Å². The maximum atomic E-state index is 12.4. The second-order valence-electron chi connectivity index (χ2n) is 5.82. The molecule has 0 aromatic heterocycles. The number of rotatable bonds is 4. The van der Waals surface area contributed by atoms with E-state index in [0.29, 0.717) is 32.4 Å². The number of nitrogens with one attached hydrogen (secondary N) is 1. The van der Waals surface area contributed by atoms with Crippen molar-refractivity contribution < 1.29 is 23.1 Å². The standard InChI is InChI=1S/C12H22N2O5S/c1-9-12(2,5-7-19-9)13-20(17,18)14-6-3-4-10(8-14)11(15)16/h9-10,13H,3-8H2,1-2H3,(H,15,16). The molecule has 3 unspecified atom stereocenters. The van der Waals surface area contributed by atoms with Gasteiger partial charge < -0.3 is 9.84 Å². The molecular formula is C12H22N2O5S. The van der Waals surface area contributed by atoms with Crippen molar-refractivity contribution in [3.63, 3.8) is 0 Å². The van der Waals surface area contributed by atoms with E-state index in [0.717, 1.165) is 0 Å². The Labute approximate surface area is 119 Å². The maximum Gasteiger partial charge on any atom is 0.307 e. The van der Waals surface area contributed by atoms with E-state index in [2.05, 4.69) is 4.72 Å². The number of hydrogen-bond donors (Lipinski definition) is 2. The van der Waals surface area contributed by atoms with Gasteiger partial charge in [0.1, 0.15) is 0 Å². The van der Waals surface area contributed by atoms with Crippen molar-refractivity contribution in [2.45, 2.75) is 44.8 Å². The second-order valence-corrected chi connectivity index (χ2v) is 7.49. The molecule has 2 heterocycles. The summed E-state index contributed by atoms with van der Waals surface area (Å²) in [6.45, 7) is 4.59. The lowest BCUT2D eigenvalue weighted by molar-refractivity contribution is -0.142. The lowest BCUT2D eigenvalue weighted by Crippen LogP contribution is -2.57. The summed E-state index contributed by atoms with van der Waals surface area (Å²) < 4.78 is 34.2. The molecule has 3 atom stereocenters. The number of nitrogens with zero attached hydrogens (tertiary/aromatic N) is 1. The first-order valence-corrected chi connectivity index (χ1v) is 8.32. The van der Waals surface area contributed by atoms with Crippen LogP contribution in [0.5, 0.6) is 0 Å². The molecule has 20 heavy (non-hydrogen) atoms. The van der Waals surface area contributed by atoms with E-state index in [1.807, 2.05) is 13.8 Å². The molecule has 0 saturated carbocycles. The van der Waals surface area contributed by atoms with Crippen molar-refractivity contribution in [3.05, 3.63) is 0 Å². The van der Waals surface area contributed by atoms with E-state index >= 15 is 0 Å². The number of carboxylic acid groups (broad SMARTS) is 1. The predicted octanol–water partition coefficient (Wildman–Crippen LogP) is 0.185. The van der Waals surface area contributed by atoms with Crippen LogP contribution < -0.4 is 4.72 Å².